The molecule has 0 saturated carbocycles. The molecule has 0 heterocycles. The Balaban J connectivity index is 3.94. The van der Waals surface area contributed by atoms with Crippen LogP contribution in [0.5, 0.6) is 0 Å². The first-order valence-corrected chi connectivity index (χ1v) is 6.13. The van der Waals surface area contributed by atoms with Gasteiger partial charge in [0.25, 0.3) is 0 Å². The van der Waals surface area contributed by atoms with Crippen molar-refractivity contribution in [1.29, 1.82) is 0 Å². The molecule has 86 valence electrons. The molecular weight excluding hydrogens is 172 g/mol. The van der Waals surface area contributed by atoms with E-state index in [1.54, 1.807) is 0 Å². The molecule has 0 aromatic heterocycles. The summed E-state index contributed by atoms with van der Waals surface area (Å²) in [4.78, 5) is 2.58. The standard InChI is InChI=1S/C12H28N2/c1-6-9-14(8-3)12(7-2)10-13-11(4)5/h11-13H,6-10H2,1-5H3. The zero-order valence-electron chi connectivity index (χ0n) is 10.6. The van der Waals surface area contributed by atoms with Crippen molar-refractivity contribution in [1.82, 2.24) is 10.2 Å². The molecule has 2 nitrogen and oxygen atoms in total. The van der Waals surface area contributed by atoms with Gasteiger partial charge in [0.05, 0.1) is 0 Å². The molecule has 2 heteroatoms. The summed E-state index contributed by atoms with van der Waals surface area (Å²) in [5.41, 5.74) is 0. The fraction of sp³-hybridized carbons (Fsp3) is 1.00. The number of nitrogens with zero attached hydrogens (tertiary/aromatic N) is 1. The van der Waals surface area contributed by atoms with E-state index in [-0.39, 0.29) is 0 Å². The fourth-order valence-corrected chi connectivity index (χ4v) is 1.79. The van der Waals surface area contributed by atoms with Crippen LogP contribution in [0.4, 0.5) is 0 Å². The molecule has 0 aromatic carbocycles. The molecule has 0 aliphatic carbocycles. The molecule has 1 unspecified atom stereocenters. The highest BCUT2D eigenvalue weighted by atomic mass is 15.2. The number of hydrogen-bond donors (Lipinski definition) is 1. The van der Waals surface area contributed by atoms with Crippen molar-refractivity contribution in [2.45, 2.75) is 59.5 Å². The predicted molar refractivity (Wildman–Crippen MR) is 64.8 cm³/mol. The van der Waals surface area contributed by atoms with E-state index >= 15 is 0 Å². The van der Waals surface area contributed by atoms with Crippen LogP contribution < -0.4 is 5.32 Å². The van der Waals surface area contributed by atoms with Gasteiger partial charge in [-0.15, -0.1) is 0 Å². The van der Waals surface area contributed by atoms with Gasteiger partial charge in [-0.2, -0.15) is 0 Å². The van der Waals surface area contributed by atoms with Crippen LogP contribution in [0.2, 0.25) is 0 Å². The van der Waals surface area contributed by atoms with E-state index in [1.807, 2.05) is 0 Å². The van der Waals surface area contributed by atoms with Crippen LogP contribution in [-0.2, 0) is 0 Å². The lowest BCUT2D eigenvalue weighted by Crippen LogP contribution is -2.43. The average Bonchev–Trinajstić information content (AvgIpc) is 2.16. The summed E-state index contributed by atoms with van der Waals surface area (Å²) in [5.74, 6) is 0. The van der Waals surface area contributed by atoms with Crippen LogP contribution in [0.25, 0.3) is 0 Å². The molecule has 0 aromatic rings. The van der Waals surface area contributed by atoms with Gasteiger partial charge in [-0.05, 0) is 25.9 Å². The highest BCUT2D eigenvalue weighted by Gasteiger charge is 2.13. The highest BCUT2D eigenvalue weighted by molar-refractivity contribution is 4.72. The van der Waals surface area contributed by atoms with E-state index in [0.717, 1.165) is 6.54 Å². The lowest BCUT2D eigenvalue weighted by molar-refractivity contribution is 0.193. The zero-order valence-corrected chi connectivity index (χ0v) is 10.6. The molecule has 0 saturated heterocycles. The Morgan fingerprint density at radius 1 is 1.14 bits per heavy atom. The Bertz CT molecular complexity index is 123. The molecule has 0 aliphatic heterocycles. The summed E-state index contributed by atoms with van der Waals surface area (Å²) in [6.45, 7) is 14.7. The van der Waals surface area contributed by atoms with Crippen LogP contribution in [0.3, 0.4) is 0 Å². The Morgan fingerprint density at radius 3 is 2.14 bits per heavy atom. The number of rotatable bonds is 8. The van der Waals surface area contributed by atoms with Gasteiger partial charge in [-0.1, -0.05) is 34.6 Å². The SMILES string of the molecule is CCCN(CC)C(CC)CNC(C)C. The van der Waals surface area contributed by atoms with Crippen molar-refractivity contribution >= 4 is 0 Å². The number of nitrogens with one attached hydrogen (secondary N) is 1. The van der Waals surface area contributed by atoms with Crippen molar-refractivity contribution in [2.24, 2.45) is 0 Å². The van der Waals surface area contributed by atoms with E-state index in [9.17, 15) is 0 Å². The maximum Gasteiger partial charge on any atom is 0.0217 e. The van der Waals surface area contributed by atoms with E-state index in [0.29, 0.717) is 12.1 Å². The molecule has 0 rings (SSSR count). The lowest BCUT2D eigenvalue weighted by Gasteiger charge is -2.30. The normalized spacial score (nSPS) is 13.9. The van der Waals surface area contributed by atoms with E-state index in [4.69, 9.17) is 0 Å². The van der Waals surface area contributed by atoms with Gasteiger partial charge in [0, 0.05) is 18.6 Å². The first kappa shape index (κ1) is 13.9. The van der Waals surface area contributed by atoms with E-state index in [1.165, 1.54) is 25.9 Å². The smallest absolute Gasteiger partial charge is 0.0217 e. The van der Waals surface area contributed by atoms with Crippen LogP contribution in [0, 0.1) is 0 Å². The highest BCUT2D eigenvalue weighted by Crippen LogP contribution is 2.04. The predicted octanol–water partition coefficient (Wildman–Crippen LogP) is 2.49. The minimum absolute atomic E-state index is 0.601. The summed E-state index contributed by atoms with van der Waals surface area (Å²) in [7, 11) is 0. The van der Waals surface area contributed by atoms with Crippen LogP contribution in [0.1, 0.15) is 47.5 Å². The van der Waals surface area contributed by atoms with E-state index < -0.39 is 0 Å². The molecule has 0 fully saturated rings. The Hall–Kier alpha value is -0.0800. The van der Waals surface area contributed by atoms with Gasteiger partial charge in [-0.3, -0.25) is 4.90 Å². The van der Waals surface area contributed by atoms with Gasteiger partial charge in [0.2, 0.25) is 0 Å². The van der Waals surface area contributed by atoms with Crippen molar-refractivity contribution in [3.63, 3.8) is 0 Å². The summed E-state index contributed by atoms with van der Waals surface area (Å²) >= 11 is 0. The van der Waals surface area contributed by atoms with Crippen molar-refractivity contribution < 1.29 is 0 Å². The van der Waals surface area contributed by atoms with Crippen LogP contribution in [-0.4, -0.2) is 36.6 Å². The molecule has 1 N–H and O–H groups in total. The van der Waals surface area contributed by atoms with Crippen molar-refractivity contribution in [3.05, 3.63) is 0 Å². The zero-order chi connectivity index (χ0) is 11.0. The third-order valence-electron chi connectivity index (χ3n) is 2.67. The molecule has 1 atom stereocenters. The maximum absolute atomic E-state index is 3.53. The summed E-state index contributed by atoms with van der Waals surface area (Å²) in [5, 5.41) is 3.53. The molecular formula is C12H28N2. The number of likely N-dealkylation sites (N-methyl/N-ethyl adjacent to an activating group) is 1. The van der Waals surface area contributed by atoms with Gasteiger partial charge in [-0.25, -0.2) is 0 Å². The largest absolute Gasteiger partial charge is 0.313 e. The Kier molecular flexibility index (Phi) is 8.20. The minimum atomic E-state index is 0.601. The topological polar surface area (TPSA) is 15.3 Å². The average molecular weight is 200 g/mol. The van der Waals surface area contributed by atoms with Gasteiger partial charge in [0.1, 0.15) is 0 Å². The Morgan fingerprint density at radius 2 is 1.79 bits per heavy atom. The van der Waals surface area contributed by atoms with Crippen molar-refractivity contribution in [2.75, 3.05) is 19.6 Å². The second-order valence-corrected chi connectivity index (χ2v) is 4.25. The molecule has 0 amide bonds. The maximum atomic E-state index is 3.53. The molecule has 14 heavy (non-hydrogen) atoms. The van der Waals surface area contributed by atoms with Gasteiger partial charge >= 0.3 is 0 Å². The lowest BCUT2D eigenvalue weighted by atomic mass is 10.1. The molecule has 0 spiro atoms. The van der Waals surface area contributed by atoms with Crippen LogP contribution >= 0.6 is 0 Å². The second-order valence-electron chi connectivity index (χ2n) is 4.25. The monoisotopic (exact) mass is 200 g/mol. The molecule has 0 aliphatic rings. The quantitative estimate of drug-likeness (QED) is 0.647. The fourth-order valence-electron chi connectivity index (χ4n) is 1.79. The summed E-state index contributed by atoms with van der Waals surface area (Å²) < 4.78 is 0. The molecule has 0 bridgehead atoms. The first-order valence-electron chi connectivity index (χ1n) is 6.13. The van der Waals surface area contributed by atoms with Crippen LogP contribution in [0.15, 0.2) is 0 Å². The minimum Gasteiger partial charge on any atom is -0.313 e. The second kappa shape index (κ2) is 8.25. The summed E-state index contributed by atoms with van der Waals surface area (Å²) in [6.07, 6.45) is 2.50. The summed E-state index contributed by atoms with van der Waals surface area (Å²) in [6, 6.07) is 1.31. The number of hydrogen-bond acceptors (Lipinski definition) is 2. The Labute approximate surface area is 90.1 Å². The van der Waals surface area contributed by atoms with Gasteiger partial charge < -0.3 is 5.32 Å². The van der Waals surface area contributed by atoms with Gasteiger partial charge in [0.15, 0.2) is 0 Å². The first-order chi connectivity index (χ1) is 6.65. The van der Waals surface area contributed by atoms with Crippen molar-refractivity contribution in [3.8, 4) is 0 Å². The van der Waals surface area contributed by atoms with E-state index in [2.05, 4.69) is 44.8 Å². The third-order valence-corrected chi connectivity index (χ3v) is 2.67. The molecule has 0 radical (unpaired) electrons. The third kappa shape index (κ3) is 5.61.